The average Bonchev–Trinajstić information content (AvgIpc) is 2.55. The van der Waals surface area contributed by atoms with E-state index in [0.717, 1.165) is 4.90 Å². The lowest BCUT2D eigenvalue weighted by Gasteiger charge is -2.22. The van der Waals surface area contributed by atoms with Gasteiger partial charge in [0.05, 0.1) is 12.1 Å². The third-order valence-corrected chi connectivity index (χ3v) is 3.21. The van der Waals surface area contributed by atoms with Crippen LogP contribution in [0.4, 0.5) is 13.2 Å². The highest BCUT2D eigenvalue weighted by Crippen LogP contribution is 2.27. The number of hydrogen-bond donors (Lipinski definition) is 2. The van der Waals surface area contributed by atoms with Crippen LogP contribution in [-0.4, -0.2) is 28.4 Å². The number of phenols is 1. The van der Waals surface area contributed by atoms with Crippen molar-refractivity contribution in [1.82, 2.24) is 4.90 Å². The fraction of sp³-hybridized carbons (Fsp3) is 0.125. The first-order valence-corrected chi connectivity index (χ1v) is 6.79. The summed E-state index contributed by atoms with van der Waals surface area (Å²) in [6.45, 7) is -0.672. The van der Waals surface area contributed by atoms with Gasteiger partial charge >= 0.3 is 0 Å². The lowest BCUT2D eigenvalue weighted by Crippen LogP contribution is -2.38. The number of carbonyl (C=O) groups excluding carboxylic acids is 2. The maximum atomic E-state index is 13.9. The van der Waals surface area contributed by atoms with E-state index in [9.17, 15) is 27.9 Å². The Labute approximate surface area is 135 Å². The van der Waals surface area contributed by atoms with E-state index < -0.39 is 47.1 Å². The Balaban J connectivity index is 2.40. The summed E-state index contributed by atoms with van der Waals surface area (Å²) in [5, 5.41) is 9.22. The molecule has 0 saturated carbocycles. The Morgan fingerprint density at radius 2 is 1.71 bits per heavy atom. The summed E-state index contributed by atoms with van der Waals surface area (Å²) >= 11 is 0. The topological polar surface area (TPSA) is 83.6 Å². The molecule has 2 amide bonds. The number of amides is 2. The maximum absolute atomic E-state index is 13.9. The molecule has 24 heavy (non-hydrogen) atoms. The molecule has 126 valence electrons. The molecule has 5 nitrogen and oxygen atoms in total. The molecule has 0 aliphatic heterocycles. The third-order valence-electron chi connectivity index (χ3n) is 3.21. The molecule has 0 heterocycles. The predicted molar refractivity (Wildman–Crippen MR) is 78.4 cm³/mol. The molecular weight excluding hydrogens is 325 g/mol. The van der Waals surface area contributed by atoms with Crippen molar-refractivity contribution in [2.45, 2.75) is 6.54 Å². The fourth-order valence-electron chi connectivity index (χ4n) is 2.11. The summed E-state index contributed by atoms with van der Waals surface area (Å²) < 4.78 is 40.4. The third kappa shape index (κ3) is 3.65. The molecule has 2 aromatic carbocycles. The zero-order valence-electron chi connectivity index (χ0n) is 12.3. The molecule has 3 N–H and O–H groups in total. The molecule has 0 fully saturated rings. The van der Waals surface area contributed by atoms with Crippen molar-refractivity contribution >= 4 is 11.8 Å². The molecule has 2 rings (SSSR count). The van der Waals surface area contributed by atoms with Crippen molar-refractivity contribution in [2.24, 2.45) is 5.73 Å². The van der Waals surface area contributed by atoms with Gasteiger partial charge in [-0.2, -0.15) is 4.39 Å². The van der Waals surface area contributed by atoms with Gasteiger partial charge in [-0.1, -0.05) is 30.3 Å². The van der Waals surface area contributed by atoms with Crippen molar-refractivity contribution in [2.75, 3.05) is 6.54 Å². The number of phenolic OH excluding ortho intramolecular Hbond substituents is 1. The number of aromatic hydroxyl groups is 1. The molecule has 0 aromatic heterocycles. The Morgan fingerprint density at radius 3 is 2.29 bits per heavy atom. The number of halogens is 3. The minimum Gasteiger partial charge on any atom is -0.503 e. The Morgan fingerprint density at radius 1 is 1.08 bits per heavy atom. The van der Waals surface area contributed by atoms with E-state index in [-0.39, 0.29) is 6.54 Å². The number of primary amides is 1. The summed E-state index contributed by atoms with van der Waals surface area (Å²) in [6.07, 6.45) is 0. The van der Waals surface area contributed by atoms with Crippen LogP contribution in [0.15, 0.2) is 36.4 Å². The quantitative estimate of drug-likeness (QED) is 0.817. The molecular formula is C16H13F3N2O3. The highest BCUT2D eigenvalue weighted by Gasteiger charge is 2.26. The number of rotatable bonds is 5. The molecule has 0 spiro atoms. The lowest BCUT2D eigenvalue weighted by molar-refractivity contribution is -0.118. The Hall–Kier alpha value is -3.03. The minimum atomic E-state index is -1.80. The van der Waals surface area contributed by atoms with Crippen LogP contribution in [0.3, 0.4) is 0 Å². The smallest absolute Gasteiger partial charge is 0.257 e. The van der Waals surface area contributed by atoms with Crippen LogP contribution in [0.5, 0.6) is 5.75 Å². The van der Waals surface area contributed by atoms with Crippen LogP contribution in [-0.2, 0) is 11.3 Å². The van der Waals surface area contributed by atoms with Gasteiger partial charge in [0.2, 0.25) is 11.7 Å². The van der Waals surface area contributed by atoms with Gasteiger partial charge in [-0.15, -0.1) is 0 Å². The summed E-state index contributed by atoms with van der Waals surface area (Å²) in [4.78, 5) is 24.4. The van der Waals surface area contributed by atoms with Gasteiger partial charge in [0.15, 0.2) is 17.4 Å². The van der Waals surface area contributed by atoms with Gasteiger partial charge in [-0.25, -0.2) is 8.78 Å². The molecule has 0 aliphatic carbocycles. The van der Waals surface area contributed by atoms with Crippen molar-refractivity contribution < 1.29 is 27.9 Å². The van der Waals surface area contributed by atoms with Gasteiger partial charge in [-0.3, -0.25) is 9.59 Å². The first-order valence-electron chi connectivity index (χ1n) is 6.79. The predicted octanol–water partition coefficient (Wildman–Crippen LogP) is 1.94. The van der Waals surface area contributed by atoms with Crippen molar-refractivity contribution in [1.29, 1.82) is 0 Å². The fourth-order valence-corrected chi connectivity index (χ4v) is 2.11. The molecule has 0 saturated heterocycles. The summed E-state index contributed by atoms with van der Waals surface area (Å²) in [5.41, 5.74) is 4.79. The summed E-state index contributed by atoms with van der Waals surface area (Å²) in [6, 6.07) is 8.74. The normalized spacial score (nSPS) is 10.5. The second kappa shape index (κ2) is 7.03. The molecule has 0 unspecified atom stereocenters. The second-order valence-electron chi connectivity index (χ2n) is 5.00. The van der Waals surface area contributed by atoms with Gasteiger partial charge in [0.1, 0.15) is 0 Å². The zero-order chi connectivity index (χ0) is 17.9. The molecule has 2 aromatic rings. The number of nitrogens with zero attached hydrogens (tertiary/aromatic N) is 1. The molecule has 0 atom stereocenters. The van der Waals surface area contributed by atoms with E-state index in [2.05, 4.69) is 0 Å². The van der Waals surface area contributed by atoms with E-state index >= 15 is 0 Å². The number of hydrogen-bond acceptors (Lipinski definition) is 3. The van der Waals surface area contributed by atoms with E-state index in [1.807, 2.05) is 0 Å². The van der Waals surface area contributed by atoms with E-state index in [0.29, 0.717) is 11.6 Å². The molecule has 0 bridgehead atoms. The standard InChI is InChI=1S/C16H13F3N2O3/c17-11-6-10(13(18)15(23)14(11)19)16(24)21(8-12(20)22)7-9-4-2-1-3-5-9/h1-6,23H,7-8H2,(H2,20,22). The van der Waals surface area contributed by atoms with E-state index in [4.69, 9.17) is 5.73 Å². The van der Waals surface area contributed by atoms with Gasteiger partial charge in [-0.05, 0) is 11.6 Å². The Kier molecular flexibility index (Phi) is 5.08. The van der Waals surface area contributed by atoms with Crippen LogP contribution in [0.25, 0.3) is 0 Å². The Bertz CT molecular complexity index is 782. The second-order valence-corrected chi connectivity index (χ2v) is 5.00. The van der Waals surface area contributed by atoms with Gasteiger partial charge in [0, 0.05) is 6.54 Å². The SMILES string of the molecule is NC(=O)CN(Cc1ccccc1)C(=O)c1cc(F)c(F)c(O)c1F. The van der Waals surface area contributed by atoms with E-state index in [1.54, 1.807) is 30.3 Å². The average molecular weight is 338 g/mol. The summed E-state index contributed by atoms with van der Waals surface area (Å²) in [5.74, 6) is -8.57. The first kappa shape index (κ1) is 17.3. The maximum Gasteiger partial charge on any atom is 0.257 e. The van der Waals surface area contributed by atoms with Gasteiger partial charge < -0.3 is 15.7 Å². The van der Waals surface area contributed by atoms with Crippen molar-refractivity contribution in [3.05, 3.63) is 65.0 Å². The van der Waals surface area contributed by atoms with Crippen LogP contribution in [0.2, 0.25) is 0 Å². The highest BCUT2D eigenvalue weighted by atomic mass is 19.2. The van der Waals surface area contributed by atoms with Crippen molar-refractivity contribution in [3.8, 4) is 5.75 Å². The number of nitrogens with two attached hydrogens (primary N) is 1. The van der Waals surface area contributed by atoms with Crippen LogP contribution in [0.1, 0.15) is 15.9 Å². The summed E-state index contributed by atoms with van der Waals surface area (Å²) in [7, 11) is 0. The number of benzene rings is 2. The first-order chi connectivity index (χ1) is 11.3. The lowest BCUT2D eigenvalue weighted by atomic mass is 10.1. The van der Waals surface area contributed by atoms with E-state index in [1.165, 1.54) is 0 Å². The monoisotopic (exact) mass is 338 g/mol. The van der Waals surface area contributed by atoms with Crippen LogP contribution >= 0.6 is 0 Å². The van der Waals surface area contributed by atoms with Gasteiger partial charge in [0.25, 0.3) is 5.91 Å². The van der Waals surface area contributed by atoms with Crippen LogP contribution < -0.4 is 5.73 Å². The van der Waals surface area contributed by atoms with Crippen LogP contribution in [0, 0.1) is 17.5 Å². The highest BCUT2D eigenvalue weighted by molar-refractivity contribution is 5.97. The zero-order valence-corrected chi connectivity index (χ0v) is 12.3. The molecule has 0 radical (unpaired) electrons. The minimum absolute atomic E-state index is 0.109. The molecule has 8 heteroatoms. The molecule has 0 aliphatic rings. The largest absolute Gasteiger partial charge is 0.503 e. The van der Waals surface area contributed by atoms with Crippen molar-refractivity contribution in [3.63, 3.8) is 0 Å². The number of carbonyl (C=O) groups is 2.